The predicted molar refractivity (Wildman–Crippen MR) is 82.4 cm³/mol. The molecule has 2 aromatic heterocycles. The largest absolute Gasteiger partial charge is 0.337 e. The molecule has 5 nitrogen and oxygen atoms in total. The molecule has 0 bridgehead atoms. The van der Waals surface area contributed by atoms with E-state index in [1.165, 1.54) is 6.42 Å². The third-order valence-corrected chi connectivity index (χ3v) is 4.04. The van der Waals surface area contributed by atoms with Gasteiger partial charge in [0.05, 0.1) is 17.3 Å². The summed E-state index contributed by atoms with van der Waals surface area (Å²) in [5, 5.41) is 7.74. The van der Waals surface area contributed by atoms with Crippen molar-refractivity contribution in [1.29, 1.82) is 0 Å². The third kappa shape index (κ3) is 2.93. The Kier molecular flexibility index (Phi) is 4.20. The number of amides is 1. The number of fused-ring (bicyclic) bond motifs is 1. The second-order valence-corrected chi connectivity index (χ2v) is 5.63. The van der Waals surface area contributed by atoms with E-state index in [0.717, 1.165) is 38.0 Å². The Hall–Kier alpha value is -1.88. The second kappa shape index (κ2) is 6.26. The van der Waals surface area contributed by atoms with Gasteiger partial charge in [-0.3, -0.25) is 4.79 Å². The molecule has 3 heterocycles. The van der Waals surface area contributed by atoms with Crippen molar-refractivity contribution in [2.45, 2.75) is 32.2 Å². The summed E-state index contributed by atoms with van der Waals surface area (Å²) in [7, 11) is 0. The minimum absolute atomic E-state index is 0.0896. The molecule has 0 aromatic carbocycles. The fourth-order valence-electron chi connectivity index (χ4n) is 2.99. The van der Waals surface area contributed by atoms with Gasteiger partial charge in [0, 0.05) is 25.3 Å². The normalized spacial score (nSPS) is 18.2. The van der Waals surface area contributed by atoms with Gasteiger partial charge < -0.3 is 10.2 Å². The molecule has 3 rings (SSSR count). The van der Waals surface area contributed by atoms with Crippen LogP contribution in [0.2, 0.25) is 0 Å². The Morgan fingerprint density at radius 3 is 3.19 bits per heavy atom. The van der Waals surface area contributed by atoms with Crippen LogP contribution in [0.4, 0.5) is 0 Å². The second-order valence-electron chi connectivity index (χ2n) is 5.63. The number of hydrogen-bond acceptors (Lipinski definition) is 3. The molecule has 1 fully saturated rings. The summed E-state index contributed by atoms with van der Waals surface area (Å²) in [6, 6.07) is 6.23. The zero-order chi connectivity index (χ0) is 14.7. The lowest BCUT2D eigenvalue weighted by Gasteiger charge is -2.25. The summed E-state index contributed by atoms with van der Waals surface area (Å²) in [5.74, 6) is 0.0896. The first-order valence-electron chi connectivity index (χ1n) is 7.74. The first-order chi connectivity index (χ1) is 10.3. The van der Waals surface area contributed by atoms with Crippen molar-refractivity contribution in [3.05, 3.63) is 36.2 Å². The number of rotatable bonds is 5. The first kappa shape index (κ1) is 14.1. The highest BCUT2D eigenvalue weighted by Gasteiger charge is 2.23. The van der Waals surface area contributed by atoms with E-state index in [-0.39, 0.29) is 5.91 Å². The standard InChI is InChI=1S/C16H22N4O/c1-2-9-19(12-13-6-5-8-17-13)16(21)14-11-18-20-10-4-3-7-15(14)20/h3-4,7,10-11,13,17H,2,5-6,8-9,12H2,1H3. The third-order valence-electron chi connectivity index (χ3n) is 4.04. The average molecular weight is 286 g/mol. The summed E-state index contributed by atoms with van der Waals surface area (Å²) < 4.78 is 1.76. The SMILES string of the molecule is CCCN(CC1CCCN1)C(=O)c1cnn2ccccc12. The van der Waals surface area contributed by atoms with Crippen molar-refractivity contribution in [2.75, 3.05) is 19.6 Å². The fraction of sp³-hybridized carbons (Fsp3) is 0.500. The van der Waals surface area contributed by atoms with Crippen LogP contribution in [0.25, 0.3) is 5.52 Å². The van der Waals surface area contributed by atoms with Crippen molar-refractivity contribution in [3.63, 3.8) is 0 Å². The van der Waals surface area contributed by atoms with E-state index in [0.29, 0.717) is 11.6 Å². The van der Waals surface area contributed by atoms with Crippen LogP contribution in [0.1, 0.15) is 36.5 Å². The first-order valence-corrected chi connectivity index (χ1v) is 7.74. The lowest BCUT2D eigenvalue weighted by atomic mass is 10.1. The Morgan fingerprint density at radius 1 is 1.52 bits per heavy atom. The van der Waals surface area contributed by atoms with Crippen LogP contribution >= 0.6 is 0 Å². The molecule has 0 radical (unpaired) electrons. The molecule has 1 N–H and O–H groups in total. The number of hydrogen-bond donors (Lipinski definition) is 1. The van der Waals surface area contributed by atoms with E-state index in [9.17, 15) is 4.79 Å². The number of pyridine rings is 1. The molecule has 1 aliphatic heterocycles. The highest BCUT2D eigenvalue weighted by Crippen LogP contribution is 2.15. The minimum Gasteiger partial charge on any atom is -0.337 e. The fourth-order valence-corrected chi connectivity index (χ4v) is 2.99. The lowest BCUT2D eigenvalue weighted by molar-refractivity contribution is 0.0744. The van der Waals surface area contributed by atoms with Gasteiger partial charge in [-0.15, -0.1) is 0 Å². The van der Waals surface area contributed by atoms with Crippen molar-refractivity contribution in [1.82, 2.24) is 19.8 Å². The Labute approximate surface area is 124 Å². The monoisotopic (exact) mass is 286 g/mol. The molecule has 1 aliphatic rings. The van der Waals surface area contributed by atoms with Crippen LogP contribution in [-0.4, -0.2) is 46.1 Å². The summed E-state index contributed by atoms with van der Waals surface area (Å²) in [4.78, 5) is 14.8. The van der Waals surface area contributed by atoms with Crippen LogP contribution in [0, 0.1) is 0 Å². The molecule has 1 saturated heterocycles. The Balaban J connectivity index is 1.82. The highest BCUT2D eigenvalue weighted by molar-refractivity contribution is 6.00. The predicted octanol–water partition coefficient (Wildman–Crippen LogP) is 1.94. The molecule has 112 valence electrons. The van der Waals surface area contributed by atoms with E-state index < -0.39 is 0 Å². The summed E-state index contributed by atoms with van der Waals surface area (Å²) in [5.41, 5.74) is 1.57. The molecule has 1 atom stereocenters. The number of aromatic nitrogens is 2. The van der Waals surface area contributed by atoms with E-state index in [1.807, 2.05) is 29.3 Å². The summed E-state index contributed by atoms with van der Waals surface area (Å²) in [6.07, 6.45) is 6.88. The highest BCUT2D eigenvalue weighted by atomic mass is 16.2. The van der Waals surface area contributed by atoms with Gasteiger partial charge in [0.15, 0.2) is 0 Å². The number of nitrogens with one attached hydrogen (secondary N) is 1. The molecular weight excluding hydrogens is 264 g/mol. The lowest BCUT2D eigenvalue weighted by Crippen LogP contribution is -2.41. The Morgan fingerprint density at radius 2 is 2.43 bits per heavy atom. The van der Waals surface area contributed by atoms with E-state index in [4.69, 9.17) is 0 Å². The average Bonchev–Trinajstić information content (AvgIpc) is 3.15. The molecule has 1 unspecified atom stereocenters. The molecule has 0 aliphatic carbocycles. The molecule has 0 spiro atoms. The zero-order valence-electron chi connectivity index (χ0n) is 12.5. The van der Waals surface area contributed by atoms with E-state index >= 15 is 0 Å². The van der Waals surface area contributed by atoms with Gasteiger partial charge in [-0.2, -0.15) is 5.10 Å². The number of carbonyl (C=O) groups excluding carboxylic acids is 1. The summed E-state index contributed by atoms with van der Waals surface area (Å²) >= 11 is 0. The smallest absolute Gasteiger partial charge is 0.257 e. The number of nitrogens with zero attached hydrogens (tertiary/aromatic N) is 3. The Bertz CT molecular complexity index is 616. The van der Waals surface area contributed by atoms with Gasteiger partial charge in [0.25, 0.3) is 5.91 Å². The van der Waals surface area contributed by atoms with Crippen LogP contribution in [0.5, 0.6) is 0 Å². The van der Waals surface area contributed by atoms with E-state index in [1.54, 1.807) is 10.7 Å². The van der Waals surface area contributed by atoms with Gasteiger partial charge in [0.1, 0.15) is 0 Å². The number of carbonyl (C=O) groups is 1. The molecule has 0 saturated carbocycles. The molecular formula is C16H22N4O. The maximum atomic E-state index is 12.8. The molecule has 21 heavy (non-hydrogen) atoms. The maximum Gasteiger partial charge on any atom is 0.257 e. The topological polar surface area (TPSA) is 49.6 Å². The molecule has 2 aromatic rings. The van der Waals surface area contributed by atoms with Crippen molar-refractivity contribution < 1.29 is 4.79 Å². The van der Waals surface area contributed by atoms with Crippen LogP contribution in [-0.2, 0) is 0 Å². The van der Waals surface area contributed by atoms with Crippen LogP contribution < -0.4 is 5.32 Å². The quantitative estimate of drug-likeness (QED) is 0.914. The van der Waals surface area contributed by atoms with Gasteiger partial charge in [-0.05, 0) is 37.9 Å². The van der Waals surface area contributed by atoms with Gasteiger partial charge in [-0.1, -0.05) is 13.0 Å². The molecule has 1 amide bonds. The van der Waals surface area contributed by atoms with Crippen LogP contribution in [0.3, 0.4) is 0 Å². The van der Waals surface area contributed by atoms with Gasteiger partial charge >= 0.3 is 0 Å². The van der Waals surface area contributed by atoms with Crippen molar-refractivity contribution in [2.24, 2.45) is 0 Å². The summed E-state index contributed by atoms with van der Waals surface area (Å²) in [6.45, 7) is 4.76. The van der Waals surface area contributed by atoms with Crippen LogP contribution in [0.15, 0.2) is 30.6 Å². The van der Waals surface area contributed by atoms with Gasteiger partial charge in [-0.25, -0.2) is 4.52 Å². The molecule has 5 heteroatoms. The van der Waals surface area contributed by atoms with Crippen molar-refractivity contribution >= 4 is 11.4 Å². The van der Waals surface area contributed by atoms with E-state index in [2.05, 4.69) is 17.3 Å². The maximum absolute atomic E-state index is 12.8. The van der Waals surface area contributed by atoms with Crippen molar-refractivity contribution in [3.8, 4) is 0 Å². The zero-order valence-corrected chi connectivity index (χ0v) is 12.5. The van der Waals surface area contributed by atoms with Gasteiger partial charge in [0.2, 0.25) is 0 Å². The minimum atomic E-state index is 0.0896.